The van der Waals surface area contributed by atoms with Gasteiger partial charge in [-0.25, -0.2) is 9.97 Å². The van der Waals surface area contributed by atoms with Crippen LogP contribution in [0.5, 0.6) is 0 Å². The smallest absolute Gasteiger partial charge is 0.256 e. The number of fused-ring (bicyclic) bond motifs is 1. The number of carbonyl (C=O) groups is 2. The SMILES string of the molecule is CC(=O)Nc1cnc(N2CCN(C(=O)c3c(-c4ccccc4)n(C)c4ccc(C)cc34)CC2)cn1. The quantitative estimate of drug-likeness (QED) is 0.492. The van der Waals surface area contributed by atoms with Crippen molar-refractivity contribution in [1.82, 2.24) is 19.4 Å². The van der Waals surface area contributed by atoms with Gasteiger partial charge in [-0.2, -0.15) is 0 Å². The van der Waals surface area contributed by atoms with Gasteiger partial charge in [0.05, 0.1) is 23.7 Å². The molecular formula is C27H28N6O2. The number of anilines is 2. The van der Waals surface area contributed by atoms with Gasteiger partial charge in [-0.15, -0.1) is 0 Å². The fraction of sp³-hybridized carbons (Fsp3) is 0.259. The number of hydrogen-bond acceptors (Lipinski definition) is 5. The predicted molar refractivity (Wildman–Crippen MR) is 138 cm³/mol. The molecule has 0 atom stereocenters. The van der Waals surface area contributed by atoms with Crippen LogP contribution in [0, 0.1) is 6.92 Å². The summed E-state index contributed by atoms with van der Waals surface area (Å²) in [4.78, 5) is 37.9. The molecule has 178 valence electrons. The van der Waals surface area contributed by atoms with Gasteiger partial charge in [-0.1, -0.05) is 42.0 Å². The lowest BCUT2D eigenvalue weighted by molar-refractivity contribution is -0.114. The number of hydrogen-bond donors (Lipinski definition) is 1. The molecule has 2 aromatic heterocycles. The minimum Gasteiger partial charge on any atom is -0.352 e. The molecule has 0 aliphatic carbocycles. The summed E-state index contributed by atoms with van der Waals surface area (Å²) in [5.74, 6) is 1.02. The summed E-state index contributed by atoms with van der Waals surface area (Å²) in [7, 11) is 2.03. The number of aryl methyl sites for hydroxylation is 2. The fourth-order valence-corrected chi connectivity index (χ4v) is 4.74. The molecule has 0 unspecified atom stereocenters. The van der Waals surface area contributed by atoms with Gasteiger partial charge in [-0.3, -0.25) is 9.59 Å². The van der Waals surface area contributed by atoms with Crippen molar-refractivity contribution in [1.29, 1.82) is 0 Å². The molecule has 35 heavy (non-hydrogen) atoms. The molecule has 0 saturated carbocycles. The second-order valence-corrected chi connectivity index (χ2v) is 8.89. The van der Waals surface area contributed by atoms with Gasteiger partial charge in [-0.05, 0) is 24.6 Å². The van der Waals surface area contributed by atoms with Crippen molar-refractivity contribution in [3.05, 3.63) is 72.1 Å². The second-order valence-electron chi connectivity index (χ2n) is 8.89. The Balaban J connectivity index is 1.41. The molecule has 0 radical (unpaired) electrons. The highest BCUT2D eigenvalue weighted by Crippen LogP contribution is 2.34. The van der Waals surface area contributed by atoms with E-state index in [2.05, 4.69) is 62.0 Å². The Morgan fingerprint density at radius 3 is 2.34 bits per heavy atom. The first-order chi connectivity index (χ1) is 16.9. The molecular weight excluding hydrogens is 440 g/mol. The minimum absolute atomic E-state index is 0.0480. The third-order valence-corrected chi connectivity index (χ3v) is 6.45. The van der Waals surface area contributed by atoms with E-state index in [0.717, 1.165) is 39.1 Å². The van der Waals surface area contributed by atoms with E-state index in [1.807, 2.05) is 30.1 Å². The molecule has 3 heterocycles. The Labute approximate surface area is 204 Å². The van der Waals surface area contributed by atoms with Crippen LogP contribution in [-0.2, 0) is 11.8 Å². The van der Waals surface area contributed by atoms with Gasteiger partial charge in [0.2, 0.25) is 5.91 Å². The number of nitrogens with zero attached hydrogens (tertiary/aromatic N) is 5. The maximum Gasteiger partial charge on any atom is 0.256 e. The van der Waals surface area contributed by atoms with Crippen LogP contribution in [0.3, 0.4) is 0 Å². The fourth-order valence-electron chi connectivity index (χ4n) is 4.74. The van der Waals surface area contributed by atoms with Crippen molar-refractivity contribution < 1.29 is 9.59 Å². The van der Waals surface area contributed by atoms with Crippen LogP contribution in [0.25, 0.3) is 22.2 Å². The monoisotopic (exact) mass is 468 g/mol. The van der Waals surface area contributed by atoms with Gasteiger partial charge < -0.3 is 19.7 Å². The normalized spacial score (nSPS) is 13.8. The van der Waals surface area contributed by atoms with E-state index >= 15 is 0 Å². The van der Waals surface area contributed by atoms with Crippen LogP contribution in [0.1, 0.15) is 22.8 Å². The average molecular weight is 469 g/mol. The molecule has 4 aromatic rings. The standard InChI is InChI=1S/C27H28N6O2/c1-18-9-10-22-21(15-18)25(26(31(22)3)20-7-5-4-6-8-20)27(35)33-13-11-32(12-14-33)24-17-28-23(16-29-24)30-19(2)34/h4-10,15-17H,11-14H2,1-3H3,(H,28,30,34). The van der Waals surface area contributed by atoms with Crippen molar-refractivity contribution in [3.8, 4) is 11.3 Å². The first-order valence-electron chi connectivity index (χ1n) is 11.7. The first-order valence-corrected chi connectivity index (χ1v) is 11.7. The summed E-state index contributed by atoms with van der Waals surface area (Å²) in [6, 6.07) is 16.4. The first kappa shape index (κ1) is 22.6. The minimum atomic E-state index is -0.183. The predicted octanol–water partition coefficient (Wildman–Crippen LogP) is 3.86. The van der Waals surface area contributed by atoms with Crippen LogP contribution < -0.4 is 10.2 Å². The van der Waals surface area contributed by atoms with E-state index in [-0.39, 0.29) is 11.8 Å². The molecule has 8 nitrogen and oxygen atoms in total. The summed E-state index contributed by atoms with van der Waals surface area (Å²) >= 11 is 0. The number of amides is 2. The van der Waals surface area contributed by atoms with E-state index in [0.29, 0.717) is 32.0 Å². The highest BCUT2D eigenvalue weighted by atomic mass is 16.2. The number of nitrogens with one attached hydrogen (secondary N) is 1. The van der Waals surface area contributed by atoms with Crippen molar-refractivity contribution in [2.75, 3.05) is 36.4 Å². The zero-order valence-electron chi connectivity index (χ0n) is 20.2. The Morgan fingerprint density at radius 2 is 1.69 bits per heavy atom. The van der Waals surface area contributed by atoms with Crippen molar-refractivity contribution in [2.24, 2.45) is 7.05 Å². The summed E-state index contributed by atoms with van der Waals surface area (Å²) in [5, 5.41) is 3.61. The van der Waals surface area contributed by atoms with Gasteiger partial charge in [0.15, 0.2) is 5.82 Å². The molecule has 1 N–H and O–H groups in total. The number of benzene rings is 2. The molecule has 0 spiro atoms. The molecule has 1 fully saturated rings. The van der Waals surface area contributed by atoms with Crippen LogP contribution in [0.4, 0.5) is 11.6 Å². The van der Waals surface area contributed by atoms with E-state index in [9.17, 15) is 9.59 Å². The molecule has 1 saturated heterocycles. The van der Waals surface area contributed by atoms with Crippen LogP contribution >= 0.6 is 0 Å². The highest BCUT2D eigenvalue weighted by molar-refractivity contribution is 6.13. The molecule has 0 bridgehead atoms. The maximum absolute atomic E-state index is 13.9. The van der Waals surface area contributed by atoms with E-state index in [1.165, 1.54) is 6.92 Å². The highest BCUT2D eigenvalue weighted by Gasteiger charge is 2.29. The summed E-state index contributed by atoms with van der Waals surface area (Å²) in [6.45, 7) is 5.98. The van der Waals surface area contributed by atoms with Crippen molar-refractivity contribution >= 4 is 34.4 Å². The molecule has 1 aliphatic rings. The zero-order chi connectivity index (χ0) is 24.5. The number of piperazine rings is 1. The second kappa shape index (κ2) is 9.21. The Hall–Kier alpha value is -4.20. The van der Waals surface area contributed by atoms with Gasteiger partial charge in [0.25, 0.3) is 5.91 Å². The molecule has 2 amide bonds. The van der Waals surface area contributed by atoms with E-state index in [4.69, 9.17) is 0 Å². The number of carbonyl (C=O) groups excluding carboxylic acids is 2. The maximum atomic E-state index is 13.9. The summed E-state index contributed by atoms with van der Waals surface area (Å²) < 4.78 is 2.12. The topological polar surface area (TPSA) is 83.4 Å². The molecule has 1 aliphatic heterocycles. The lowest BCUT2D eigenvalue weighted by atomic mass is 10.0. The van der Waals surface area contributed by atoms with Gasteiger partial charge in [0, 0.05) is 51.1 Å². The Bertz CT molecular complexity index is 1390. The lowest BCUT2D eigenvalue weighted by Crippen LogP contribution is -2.49. The van der Waals surface area contributed by atoms with Crippen LogP contribution in [0.15, 0.2) is 60.9 Å². The third-order valence-electron chi connectivity index (χ3n) is 6.45. The molecule has 8 heteroatoms. The molecule has 5 rings (SSSR count). The molecule has 2 aromatic carbocycles. The largest absolute Gasteiger partial charge is 0.352 e. The van der Waals surface area contributed by atoms with Gasteiger partial charge >= 0.3 is 0 Å². The third kappa shape index (κ3) is 4.35. The van der Waals surface area contributed by atoms with Crippen molar-refractivity contribution in [3.63, 3.8) is 0 Å². The van der Waals surface area contributed by atoms with E-state index in [1.54, 1.807) is 12.4 Å². The van der Waals surface area contributed by atoms with E-state index < -0.39 is 0 Å². The number of aromatic nitrogens is 3. The van der Waals surface area contributed by atoms with Crippen LogP contribution in [-0.4, -0.2) is 57.4 Å². The lowest BCUT2D eigenvalue weighted by Gasteiger charge is -2.35. The summed E-state index contributed by atoms with van der Waals surface area (Å²) in [5.41, 5.74) is 4.90. The zero-order valence-corrected chi connectivity index (χ0v) is 20.2. The number of rotatable bonds is 4. The van der Waals surface area contributed by atoms with Crippen molar-refractivity contribution in [2.45, 2.75) is 13.8 Å². The Morgan fingerprint density at radius 1 is 0.943 bits per heavy atom. The van der Waals surface area contributed by atoms with Gasteiger partial charge in [0.1, 0.15) is 5.82 Å². The average Bonchev–Trinajstić information content (AvgIpc) is 3.15. The Kier molecular flexibility index (Phi) is 5.94. The van der Waals surface area contributed by atoms with Crippen LogP contribution in [0.2, 0.25) is 0 Å². The summed E-state index contributed by atoms with van der Waals surface area (Å²) in [6.07, 6.45) is 3.21.